The number of benzene rings is 1. The van der Waals surface area contributed by atoms with Crippen LogP contribution in [0.4, 0.5) is 0 Å². The predicted octanol–water partition coefficient (Wildman–Crippen LogP) is 1.07. The van der Waals surface area contributed by atoms with Gasteiger partial charge in [-0.1, -0.05) is 13.0 Å². The van der Waals surface area contributed by atoms with Crippen LogP contribution in [0.15, 0.2) is 18.2 Å². The van der Waals surface area contributed by atoms with E-state index in [4.69, 9.17) is 4.74 Å². The topological polar surface area (TPSA) is 66.9 Å². The van der Waals surface area contributed by atoms with Crippen molar-refractivity contribution in [2.45, 2.75) is 19.3 Å². The lowest BCUT2D eigenvalue weighted by Gasteiger charge is -2.25. The molecule has 0 radical (unpaired) electrons. The van der Waals surface area contributed by atoms with Gasteiger partial charge in [-0.05, 0) is 35.6 Å². The minimum Gasteiger partial charge on any atom is -0.497 e. The third-order valence-electron chi connectivity index (χ3n) is 4.31. The number of carbonyl (C=O) groups excluding carboxylic acids is 1. The Bertz CT molecular complexity index is 687. The highest BCUT2D eigenvalue weighted by molar-refractivity contribution is 7.88. The molecule has 0 aromatic heterocycles. The van der Waals surface area contributed by atoms with Crippen molar-refractivity contribution in [3.05, 3.63) is 29.3 Å². The van der Waals surface area contributed by atoms with Crippen LogP contribution in [0.3, 0.4) is 0 Å². The SMILES string of the molecule is COc1ccc2c(c1)C(C)CN(C(=O)CN(C)S(C)(=O)=O)CC2. The molecule has 1 unspecified atom stereocenters. The van der Waals surface area contributed by atoms with Crippen molar-refractivity contribution in [3.63, 3.8) is 0 Å². The van der Waals surface area contributed by atoms with E-state index in [0.717, 1.165) is 22.7 Å². The average molecular weight is 340 g/mol. The van der Waals surface area contributed by atoms with E-state index in [-0.39, 0.29) is 18.4 Å². The smallest absolute Gasteiger partial charge is 0.237 e. The van der Waals surface area contributed by atoms with Gasteiger partial charge in [-0.3, -0.25) is 4.79 Å². The zero-order valence-electron chi connectivity index (χ0n) is 14.1. The van der Waals surface area contributed by atoms with Gasteiger partial charge in [0.25, 0.3) is 0 Å². The van der Waals surface area contributed by atoms with Crippen molar-refractivity contribution in [1.82, 2.24) is 9.21 Å². The minimum absolute atomic E-state index is 0.120. The van der Waals surface area contributed by atoms with E-state index in [1.54, 1.807) is 12.0 Å². The molecule has 23 heavy (non-hydrogen) atoms. The van der Waals surface area contributed by atoms with Crippen LogP contribution in [0.25, 0.3) is 0 Å². The quantitative estimate of drug-likeness (QED) is 0.822. The molecule has 0 spiro atoms. The first kappa shape index (κ1) is 17.7. The molecular weight excluding hydrogens is 316 g/mol. The molecule has 1 aliphatic heterocycles. The second-order valence-corrected chi connectivity index (χ2v) is 8.16. The maximum absolute atomic E-state index is 12.4. The third-order valence-corrected chi connectivity index (χ3v) is 5.57. The second kappa shape index (κ2) is 6.88. The van der Waals surface area contributed by atoms with Gasteiger partial charge in [0.15, 0.2) is 0 Å². The molecule has 0 fully saturated rings. The van der Waals surface area contributed by atoms with Gasteiger partial charge in [-0.15, -0.1) is 0 Å². The molecule has 1 atom stereocenters. The fourth-order valence-corrected chi connectivity index (χ4v) is 3.14. The summed E-state index contributed by atoms with van der Waals surface area (Å²) in [6, 6.07) is 6.00. The number of fused-ring (bicyclic) bond motifs is 1. The van der Waals surface area contributed by atoms with E-state index in [1.807, 2.05) is 18.2 Å². The Balaban J connectivity index is 2.13. The summed E-state index contributed by atoms with van der Waals surface area (Å²) in [6.45, 7) is 3.13. The van der Waals surface area contributed by atoms with Gasteiger partial charge in [-0.2, -0.15) is 4.31 Å². The summed E-state index contributed by atoms with van der Waals surface area (Å²) in [7, 11) is -0.289. The molecule has 1 aliphatic rings. The van der Waals surface area contributed by atoms with Gasteiger partial charge in [0, 0.05) is 20.1 Å². The third kappa shape index (κ3) is 4.23. The molecule has 0 saturated carbocycles. The maximum atomic E-state index is 12.4. The summed E-state index contributed by atoms with van der Waals surface area (Å²) in [5.74, 6) is 0.826. The highest BCUT2D eigenvalue weighted by atomic mass is 32.2. The van der Waals surface area contributed by atoms with Crippen molar-refractivity contribution in [2.24, 2.45) is 0 Å². The molecule has 6 nitrogen and oxygen atoms in total. The van der Waals surface area contributed by atoms with Gasteiger partial charge in [-0.25, -0.2) is 8.42 Å². The first-order chi connectivity index (χ1) is 10.7. The standard InChI is InChI=1S/C16H24N2O4S/c1-12-10-18(16(19)11-17(2)23(4,20)21)8-7-13-5-6-14(22-3)9-15(12)13/h5-6,9,12H,7-8,10-11H2,1-4H3. The van der Waals surface area contributed by atoms with E-state index in [1.165, 1.54) is 18.2 Å². The van der Waals surface area contributed by atoms with Gasteiger partial charge in [0.1, 0.15) is 5.75 Å². The molecule has 0 saturated heterocycles. The lowest BCUT2D eigenvalue weighted by molar-refractivity contribution is -0.131. The van der Waals surface area contributed by atoms with Gasteiger partial charge < -0.3 is 9.64 Å². The van der Waals surface area contributed by atoms with Crippen LogP contribution in [0, 0.1) is 0 Å². The number of ether oxygens (including phenoxy) is 1. The number of amides is 1. The summed E-state index contributed by atoms with van der Waals surface area (Å²) in [6.07, 6.45) is 1.87. The number of sulfonamides is 1. The summed E-state index contributed by atoms with van der Waals surface area (Å²) >= 11 is 0. The number of methoxy groups -OCH3 is 1. The molecule has 128 valence electrons. The van der Waals surface area contributed by atoms with E-state index >= 15 is 0 Å². The van der Waals surface area contributed by atoms with E-state index < -0.39 is 10.0 Å². The molecule has 1 amide bonds. The predicted molar refractivity (Wildman–Crippen MR) is 89.2 cm³/mol. The highest BCUT2D eigenvalue weighted by Crippen LogP contribution is 2.28. The summed E-state index contributed by atoms with van der Waals surface area (Å²) in [4.78, 5) is 14.2. The molecule has 0 bridgehead atoms. The number of carbonyl (C=O) groups is 1. The van der Waals surface area contributed by atoms with E-state index in [0.29, 0.717) is 13.1 Å². The van der Waals surface area contributed by atoms with Crippen LogP contribution in [0.1, 0.15) is 24.0 Å². The van der Waals surface area contributed by atoms with Crippen molar-refractivity contribution in [3.8, 4) is 5.75 Å². The lowest BCUT2D eigenvalue weighted by Crippen LogP contribution is -2.42. The summed E-state index contributed by atoms with van der Waals surface area (Å²) in [5, 5.41) is 0. The monoisotopic (exact) mass is 340 g/mol. The van der Waals surface area contributed by atoms with Crippen LogP contribution in [0.5, 0.6) is 5.75 Å². The lowest BCUT2D eigenvalue weighted by atomic mass is 9.95. The highest BCUT2D eigenvalue weighted by Gasteiger charge is 2.25. The molecule has 2 rings (SSSR count). The average Bonchev–Trinajstić information content (AvgIpc) is 2.65. The number of hydrogen-bond acceptors (Lipinski definition) is 4. The van der Waals surface area contributed by atoms with Crippen molar-refractivity contribution in [1.29, 1.82) is 0 Å². The van der Waals surface area contributed by atoms with Crippen LogP contribution in [-0.2, 0) is 21.2 Å². The fraction of sp³-hybridized carbons (Fsp3) is 0.562. The van der Waals surface area contributed by atoms with E-state index in [2.05, 4.69) is 6.92 Å². The normalized spacial score (nSPS) is 18.5. The first-order valence-electron chi connectivity index (χ1n) is 7.58. The molecular formula is C16H24N2O4S. The van der Waals surface area contributed by atoms with Crippen LogP contribution in [-0.4, -0.2) is 63.6 Å². The maximum Gasteiger partial charge on any atom is 0.237 e. The number of nitrogens with zero attached hydrogens (tertiary/aromatic N) is 2. The van der Waals surface area contributed by atoms with Crippen LogP contribution >= 0.6 is 0 Å². The van der Waals surface area contributed by atoms with Crippen LogP contribution < -0.4 is 4.74 Å². The Morgan fingerprint density at radius 1 is 1.43 bits per heavy atom. The molecule has 1 aromatic carbocycles. The zero-order valence-corrected chi connectivity index (χ0v) is 14.9. The van der Waals surface area contributed by atoms with Gasteiger partial charge >= 0.3 is 0 Å². The molecule has 0 N–H and O–H groups in total. The molecule has 1 heterocycles. The molecule has 0 aliphatic carbocycles. The largest absolute Gasteiger partial charge is 0.497 e. The van der Waals surface area contributed by atoms with Gasteiger partial charge in [0.2, 0.25) is 15.9 Å². The number of hydrogen-bond donors (Lipinski definition) is 0. The summed E-state index contributed by atoms with van der Waals surface area (Å²) < 4.78 is 29.3. The van der Waals surface area contributed by atoms with E-state index in [9.17, 15) is 13.2 Å². The Kier molecular flexibility index (Phi) is 5.31. The zero-order chi connectivity index (χ0) is 17.2. The Morgan fingerprint density at radius 2 is 2.13 bits per heavy atom. The molecule has 1 aromatic rings. The van der Waals surface area contributed by atoms with Gasteiger partial charge in [0.05, 0.1) is 19.9 Å². The Hall–Kier alpha value is -1.60. The summed E-state index contributed by atoms with van der Waals surface area (Å²) in [5.41, 5.74) is 2.40. The van der Waals surface area contributed by atoms with Crippen molar-refractivity contribution in [2.75, 3.05) is 40.0 Å². The van der Waals surface area contributed by atoms with Crippen molar-refractivity contribution >= 4 is 15.9 Å². The Morgan fingerprint density at radius 3 is 2.74 bits per heavy atom. The van der Waals surface area contributed by atoms with Crippen LogP contribution in [0.2, 0.25) is 0 Å². The molecule has 7 heteroatoms. The number of likely N-dealkylation sites (N-methyl/N-ethyl adjacent to an activating group) is 1. The van der Waals surface area contributed by atoms with Crippen molar-refractivity contribution < 1.29 is 17.9 Å². The Labute approximate surface area is 138 Å². The number of rotatable bonds is 4. The minimum atomic E-state index is -3.35. The fourth-order valence-electron chi connectivity index (χ4n) is 2.80. The second-order valence-electron chi connectivity index (χ2n) is 6.07. The first-order valence-corrected chi connectivity index (χ1v) is 9.43.